The molecule has 0 saturated heterocycles. The summed E-state index contributed by atoms with van der Waals surface area (Å²) in [6.45, 7) is 0.662. The van der Waals surface area contributed by atoms with Gasteiger partial charge in [0.25, 0.3) is 5.56 Å². The Labute approximate surface area is 188 Å². The Morgan fingerprint density at radius 1 is 1.06 bits per heavy atom. The van der Waals surface area contributed by atoms with E-state index in [1.807, 2.05) is 6.07 Å². The van der Waals surface area contributed by atoms with E-state index in [0.29, 0.717) is 17.7 Å². The molecule has 9 heteroatoms. The highest BCUT2D eigenvalue weighted by Crippen LogP contribution is 2.38. The molecule has 1 aromatic heterocycles. The van der Waals surface area contributed by atoms with Gasteiger partial charge in [-0.2, -0.15) is 19.0 Å². The van der Waals surface area contributed by atoms with Gasteiger partial charge in [0.05, 0.1) is 23.7 Å². The fraction of sp³-hybridized carbons (Fsp3) is 0.292. The standard InChI is InChI=1S/C24H20F3N5O/c25-19-6-2-5-18(10-19)13-31-7-8-32-21-20(22(33)29-23(31)32)14-30(15-24(21,26)27)12-17-4-1-3-16(9-17)11-28/h1-6,9-10H,7-8,12-15H2. The summed E-state index contributed by atoms with van der Waals surface area (Å²) in [6, 6.07) is 14.9. The minimum Gasteiger partial charge on any atom is -0.336 e. The maximum Gasteiger partial charge on any atom is 0.300 e. The summed E-state index contributed by atoms with van der Waals surface area (Å²) >= 11 is 0. The van der Waals surface area contributed by atoms with Gasteiger partial charge >= 0.3 is 5.92 Å². The summed E-state index contributed by atoms with van der Waals surface area (Å²) in [5.74, 6) is -3.43. The number of nitrogens with zero attached hydrogens (tertiary/aromatic N) is 5. The molecule has 2 aliphatic rings. The number of anilines is 1. The lowest BCUT2D eigenvalue weighted by atomic mass is 10.0. The number of halogens is 3. The number of rotatable bonds is 4. The molecule has 0 aliphatic carbocycles. The van der Waals surface area contributed by atoms with Crippen molar-refractivity contribution in [3.63, 3.8) is 0 Å². The number of aromatic nitrogens is 2. The molecule has 0 bridgehead atoms. The molecule has 0 saturated carbocycles. The third-order valence-corrected chi connectivity index (χ3v) is 6.01. The quantitative estimate of drug-likeness (QED) is 0.609. The van der Waals surface area contributed by atoms with Crippen molar-refractivity contribution in [2.45, 2.75) is 32.1 Å². The lowest BCUT2D eigenvalue weighted by Crippen LogP contribution is -2.45. The molecular weight excluding hydrogens is 431 g/mol. The molecule has 0 atom stereocenters. The van der Waals surface area contributed by atoms with Crippen LogP contribution in [0.2, 0.25) is 0 Å². The van der Waals surface area contributed by atoms with Crippen LogP contribution in [0.4, 0.5) is 19.1 Å². The normalized spacial score (nSPS) is 16.8. The first kappa shape index (κ1) is 21.2. The summed E-state index contributed by atoms with van der Waals surface area (Å²) in [5.41, 5.74) is 0.907. The minimum absolute atomic E-state index is 0.000886. The van der Waals surface area contributed by atoms with Crippen LogP contribution in [-0.4, -0.2) is 27.5 Å². The van der Waals surface area contributed by atoms with Gasteiger partial charge in [-0.3, -0.25) is 9.69 Å². The van der Waals surface area contributed by atoms with Gasteiger partial charge in [0, 0.05) is 32.7 Å². The smallest absolute Gasteiger partial charge is 0.300 e. The minimum atomic E-state index is -3.24. The van der Waals surface area contributed by atoms with Gasteiger partial charge in [-0.1, -0.05) is 24.3 Å². The second-order valence-electron chi connectivity index (χ2n) is 8.41. The van der Waals surface area contributed by atoms with Crippen molar-refractivity contribution in [3.8, 4) is 6.07 Å². The van der Waals surface area contributed by atoms with E-state index in [2.05, 4.69) is 4.98 Å². The van der Waals surface area contributed by atoms with Crippen molar-refractivity contribution in [1.82, 2.24) is 14.5 Å². The number of benzene rings is 2. The van der Waals surface area contributed by atoms with Crippen LogP contribution in [0.1, 0.15) is 27.9 Å². The van der Waals surface area contributed by atoms with Crippen molar-refractivity contribution in [2.24, 2.45) is 0 Å². The third kappa shape index (κ3) is 3.98. The first-order chi connectivity index (χ1) is 15.8. The summed E-state index contributed by atoms with van der Waals surface area (Å²) in [6.07, 6.45) is 0. The topological polar surface area (TPSA) is 65.2 Å². The lowest BCUT2D eigenvalue weighted by molar-refractivity contribution is -0.0621. The predicted molar refractivity (Wildman–Crippen MR) is 115 cm³/mol. The molecule has 0 spiro atoms. The summed E-state index contributed by atoms with van der Waals surface area (Å²) in [5, 5.41) is 9.08. The first-order valence-corrected chi connectivity index (χ1v) is 10.6. The van der Waals surface area contributed by atoms with E-state index in [9.17, 15) is 9.18 Å². The van der Waals surface area contributed by atoms with E-state index in [0.717, 1.165) is 5.56 Å². The molecule has 0 radical (unpaired) electrons. The summed E-state index contributed by atoms with van der Waals surface area (Å²) < 4.78 is 45.8. The maximum absolute atomic E-state index is 15.4. The average Bonchev–Trinajstić information content (AvgIpc) is 3.15. The molecule has 5 rings (SSSR count). The number of alkyl halides is 2. The molecule has 168 valence electrons. The van der Waals surface area contributed by atoms with Crippen LogP contribution in [0, 0.1) is 17.1 Å². The van der Waals surface area contributed by atoms with Gasteiger partial charge in [0.15, 0.2) is 0 Å². The van der Waals surface area contributed by atoms with Crippen LogP contribution in [0.5, 0.6) is 0 Å². The van der Waals surface area contributed by atoms with E-state index >= 15 is 8.78 Å². The monoisotopic (exact) mass is 451 g/mol. The second-order valence-corrected chi connectivity index (χ2v) is 8.41. The number of hydrogen-bond acceptors (Lipinski definition) is 5. The van der Waals surface area contributed by atoms with Crippen molar-refractivity contribution in [2.75, 3.05) is 18.0 Å². The van der Waals surface area contributed by atoms with Gasteiger partial charge in [-0.25, -0.2) is 4.39 Å². The molecule has 0 unspecified atom stereocenters. The largest absolute Gasteiger partial charge is 0.336 e. The molecule has 0 fully saturated rings. The zero-order chi connectivity index (χ0) is 23.2. The second kappa shape index (κ2) is 8.05. The van der Waals surface area contributed by atoms with Gasteiger partial charge in [0.2, 0.25) is 5.95 Å². The van der Waals surface area contributed by atoms with Crippen LogP contribution in [-0.2, 0) is 32.1 Å². The summed E-state index contributed by atoms with van der Waals surface area (Å²) in [7, 11) is 0. The molecule has 2 aromatic carbocycles. The van der Waals surface area contributed by atoms with Gasteiger partial charge in [-0.05, 0) is 35.4 Å². The van der Waals surface area contributed by atoms with E-state index < -0.39 is 18.0 Å². The highest BCUT2D eigenvalue weighted by atomic mass is 19.3. The molecule has 0 N–H and O–H groups in total. The van der Waals surface area contributed by atoms with E-state index in [1.165, 1.54) is 21.6 Å². The first-order valence-electron chi connectivity index (χ1n) is 10.6. The fourth-order valence-corrected chi connectivity index (χ4v) is 4.67. The SMILES string of the molecule is N#Cc1cccc(CN2Cc3c(n4c(nc3=O)N(Cc3cccc(F)c3)CC4)C(F)(F)C2)c1. The Hall–Kier alpha value is -3.64. The van der Waals surface area contributed by atoms with E-state index in [1.54, 1.807) is 41.3 Å². The van der Waals surface area contributed by atoms with Crippen LogP contribution < -0.4 is 10.5 Å². The van der Waals surface area contributed by atoms with Crippen LogP contribution in [0.3, 0.4) is 0 Å². The molecule has 33 heavy (non-hydrogen) atoms. The number of nitriles is 1. The molecule has 2 aliphatic heterocycles. The Morgan fingerprint density at radius 2 is 1.82 bits per heavy atom. The molecule has 3 aromatic rings. The van der Waals surface area contributed by atoms with E-state index in [4.69, 9.17) is 5.26 Å². The van der Waals surface area contributed by atoms with Crippen molar-refractivity contribution in [1.29, 1.82) is 5.26 Å². The zero-order valence-corrected chi connectivity index (χ0v) is 17.6. The highest BCUT2D eigenvalue weighted by molar-refractivity contribution is 5.43. The molecule has 0 amide bonds. The number of hydrogen-bond donors (Lipinski definition) is 0. The number of fused-ring (bicyclic) bond motifs is 3. The molecule has 6 nitrogen and oxygen atoms in total. The predicted octanol–water partition coefficient (Wildman–Crippen LogP) is 3.38. The highest BCUT2D eigenvalue weighted by Gasteiger charge is 2.46. The zero-order valence-electron chi connectivity index (χ0n) is 17.6. The van der Waals surface area contributed by atoms with Crippen molar-refractivity contribution < 1.29 is 13.2 Å². The van der Waals surface area contributed by atoms with Crippen LogP contribution in [0.25, 0.3) is 0 Å². The van der Waals surface area contributed by atoms with Crippen LogP contribution in [0.15, 0.2) is 53.3 Å². The molecule has 3 heterocycles. The van der Waals surface area contributed by atoms with E-state index in [-0.39, 0.29) is 49.2 Å². The Morgan fingerprint density at radius 3 is 2.58 bits per heavy atom. The molecular formula is C24H20F3N5O. The van der Waals surface area contributed by atoms with Gasteiger partial charge in [-0.15, -0.1) is 0 Å². The van der Waals surface area contributed by atoms with Crippen LogP contribution >= 0.6 is 0 Å². The fourth-order valence-electron chi connectivity index (χ4n) is 4.67. The third-order valence-electron chi connectivity index (χ3n) is 6.01. The Kier molecular flexibility index (Phi) is 5.17. The van der Waals surface area contributed by atoms with Crippen molar-refractivity contribution in [3.05, 3.63) is 92.6 Å². The average molecular weight is 451 g/mol. The maximum atomic E-state index is 15.4. The Bertz CT molecular complexity index is 1330. The van der Waals surface area contributed by atoms with Gasteiger partial charge in [0.1, 0.15) is 11.5 Å². The van der Waals surface area contributed by atoms with Gasteiger partial charge < -0.3 is 9.47 Å². The Balaban J connectivity index is 1.46. The summed E-state index contributed by atoms with van der Waals surface area (Å²) in [4.78, 5) is 20.2. The lowest BCUT2D eigenvalue weighted by Gasteiger charge is -2.35. The van der Waals surface area contributed by atoms with Crippen molar-refractivity contribution >= 4 is 5.95 Å².